The number of benzene rings is 2. The molecule has 2 aromatic carbocycles. The van der Waals surface area contributed by atoms with E-state index in [1.807, 2.05) is 6.20 Å². The van der Waals surface area contributed by atoms with E-state index in [0.29, 0.717) is 0 Å². The molecule has 2 aromatic heterocycles. The molecule has 0 aliphatic rings. The third-order valence-corrected chi connectivity index (χ3v) is 3.49. The van der Waals surface area contributed by atoms with Crippen molar-refractivity contribution in [2.24, 2.45) is 0 Å². The average molecular weight is 248 g/mol. The quantitative estimate of drug-likeness (QED) is 0.512. The Morgan fingerprint density at radius 2 is 1.84 bits per heavy atom. The molecule has 2 heterocycles. The minimum Gasteiger partial charge on any atom is -0.361 e. The predicted octanol–water partition coefficient (Wildman–Crippen LogP) is 2.99. The highest BCUT2D eigenvalue weighted by atomic mass is 15.3. The maximum atomic E-state index is 3.39. The van der Waals surface area contributed by atoms with Gasteiger partial charge in [0.15, 0.2) is 6.54 Å². The van der Waals surface area contributed by atoms with Crippen LogP contribution in [0, 0.1) is 0 Å². The summed E-state index contributed by atoms with van der Waals surface area (Å²) in [6.07, 6.45) is 4.13. The number of para-hydroxylation sites is 1. The van der Waals surface area contributed by atoms with Crippen molar-refractivity contribution in [1.82, 2.24) is 10.1 Å². The lowest BCUT2D eigenvalue weighted by atomic mass is 10.1. The van der Waals surface area contributed by atoms with E-state index in [-0.39, 0.29) is 0 Å². The van der Waals surface area contributed by atoms with Gasteiger partial charge in [0.05, 0.1) is 5.39 Å². The van der Waals surface area contributed by atoms with Gasteiger partial charge < -0.3 is 4.98 Å². The number of nitrogens with zero attached hydrogens (tertiary/aromatic N) is 1. The molecule has 19 heavy (non-hydrogen) atoms. The summed E-state index contributed by atoms with van der Waals surface area (Å²) >= 11 is 0. The van der Waals surface area contributed by atoms with Crippen molar-refractivity contribution in [2.45, 2.75) is 6.54 Å². The van der Waals surface area contributed by atoms with Gasteiger partial charge in [-0.2, -0.15) is 5.10 Å². The third kappa shape index (κ3) is 1.80. The van der Waals surface area contributed by atoms with Crippen LogP contribution in [0.4, 0.5) is 0 Å². The lowest BCUT2D eigenvalue weighted by molar-refractivity contribution is -0.740. The maximum absolute atomic E-state index is 3.39. The molecule has 0 atom stereocenters. The highest BCUT2D eigenvalue weighted by molar-refractivity contribution is 5.80. The molecule has 0 aliphatic heterocycles. The fourth-order valence-electron chi connectivity index (χ4n) is 2.55. The Balaban J connectivity index is 1.72. The molecule has 0 spiro atoms. The molecule has 4 rings (SSSR count). The minimum atomic E-state index is 0.857. The highest BCUT2D eigenvalue weighted by Crippen LogP contribution is 2.14. The molecule has 0 radical (unpaired) electrons. The molecule has 4 aromatic rings. The van der Waals surface area contributed by atoms with E-state index in [4.69, 9.17) is 0 Å². The molecule has 0 amide bonds. The monoisotopic (exact) mass is 248 g/mol. The van der Waals surface area contributed by atoms with E-state index in [2.05, 4.69) is 69.5 Å². The first-order valence-electron chi connectivity index (χ1n) is 6.42. The van der Waals surface area contributed by atoms with Gasteiger partial charge >= 0.3 is 0 Å². The molecular weight excluding hydrogens is 234 g/mol. The number of hydrogen-bond acceptors (Lipinski definition) is 0. The van der Waals surface area contributed by atoms with E-state index in [9.17, 15) is 0 Å². The summed E-state index contributed by atoms with van der Waals surface area (Å²) in [4.78, 5) is 3.22. The largest absolute Gasteiger partial charge is 0.361 e. The number of aromatic nitrogens is 3. The van der Waals surface area contributed by atoms with Gasteiger partial charge in [-0.3, -0.25) is 0 Å². The zero-order chi connectivity index (χ0) is 12.7. The standard InChI is InChI=1S/C16H13N3/c1-2-4-16-14(3-1)11-19(18-16)10-12-5-6-15-13(9-12)7-8-17-15/h1-9,11,17H,10H2/p+1. The molecule has 0 saturated heterocycles. The number of aromatic amines is 2. The molecule has 92 valence electrons. The average Bonchev–Trinajstić information content (AvgIpc) is 3.03. The van der Waals surface area contributed by atoms with Gasteiger partial charge in [0.2, 0.25) is 6.20 Å². The Morgan fingerprint density at radius 3 is 2.79 bits per heavy atom. The highest BCUT2D eigenvalue weighted by Gasteiger charge is 2.08. The summed E-state index contributed by atoms with van der Waals surface area (Å²) in [6, 6.07) is 17.0. The Kier molecular flexibility index (Phi) is 2.18. The molecule has 3 nitrogen and oxygen atoms in total. The van der Waals surface area contributed by atoms with Gasteiger partial charge in [0, 0.05) is 17.3 Å². The number of hydrogen-bond donors (Lipinski definition) is 2. The van der Waals surface area contributed by atoms with Crippen LogP contribution in [-0.2, 0) is 6.54 Å². The second-order valence-electron chi connectivity index (χ2n) is 4.86. The number of rotatable bonds is 2. The topological polar surface area (TPSA) is 35.5 Å². The number of nitrogens with one attached hydrogen (secondary N) is 2. The van der Waals surface area contributed by atoms with E-state index >= 15 is 0 Å². The lowest BCUT2D eigenvalue weighted by Gasteiger charge is -1.95. The Morgan fingerprint density at radius 1 is 0.895 bits per heavy atom. The lowest BCUT2D eigenvalue weighted by Crippen LogP contribution is -2.35. The van der Waals surface area contributed by atoms with E-state index < -0.39 is 0 Å². The van der Waals surface area contributed by atoms with E-state index in [1.54, 1.807) is 0 Å². The summed E-state index contributed by atoms with van der Waals surface area (Å²) in [7, 11) is 0. The molecule has 0 fully saturated rings. The van der Waals surface area contributed by atoms with Crippen LogP contribution >= 0.6 is 0 Å². The van der Waals surface area contributed by atoms with E-state index in [0.717, 1.165) is 6.54 Å². The molecule has 3 heteroatoms. The smallest absolute Gasteiger partial charge is 0.203 e. The Hall–Kier alpha value is -2.55. The fraction of sp³-hybridized carbons (Fsp3) is 0.0625. The summed E-state index contributed by atoms with van der Waals surface area (Å²) in [5, 5.41) is 5.89. The van der Waals surface area contributed by atoms with Crippen LogP contribution in [-0.4, -0.2) is 10.1 Å². The second kappa shape index (κ2) is 3.99. The summed E-state index contributed by atoms with van der Waals surface area (Å²) < 4.78 is 2.12. The fourth-order valence-corrected chi connectivity index (χ4v) is 2.55. The first-order chi connectivity index (χ1) is 9.38. The van der Waals surface area contributed by atoms with Gasteiger partial charge in [0.25, 0.3) is 0 Å². The van der Waals surface area contributed by atoms with Crippen molar-refractivity contribution < 1.29 is 4.68 Å². The van der Waals surface area contributed by atoms with Crippen LogP contribution in [0.3, 0.4) is 0 Å². The minimum absolute atomic E-state index is 0.857. The van der Waals surface area contributed by atoms with Crippen LogP contribution in [0.2, 0.25) is 0 Å². The zero-order valence-electron chi connectivity index (χ0n) is 10.4. The maximum Gasteiger partial charge on any atom is 0.203 e. The van der Waals surface area contributed by atoms with Crippen LogP contribution in [0.25, 0.3) is 21.8 Å². The summed E-state index contributed by atoms with van der Waals surface area (Å²) in [5.74, 6) is 0. The Labute approximate surface area is 110 Å². The van der Waals surface area contributed by atoms with Crippen LogP contribution in [0.1, 0.15) is 5.56 Å². The van der Waals surface area contributed by atoms with Gasteiger partial charge in [-0.05, 0) is 35.7 Å². The molecule has 0 saturated carbocycles. The molecule has 0 unspecified atom stereocenters. The number of fused-ring (bicyclic) bond motifs is 2. The Bertz CT molecular complexity index is 821. The first-order valence-corrected chi connectivity index (χ1v) is 6.42. The van der Waals surface area contributed by atoms with Gasteiger partial charge in [-0.1, -0.05) is 18.2 Å². The van der Waals surface area contributed by atoms with Crippen molar-refractivity contribution in [1.29, 1.82) is 0 Å². The second-order valence-corrected chi connectivity index (χ2v) is 4.86. The molecule has 0 bridgehead atoms. The van der Waals surface area contributed by atoms with Crippen molar-refractivity contribution in [3.8, 4) is 0 Å². The summed E-state index contributed by atoms with van der Waals surface area (Å²) in [6.45, 7) is 0.857. The number of H-pyrrole nitrogens is 2. The first kappa shape index (κ1) is 10.4. The molecular formula is C16H14N3+. The SMILES string of the molecule is c1ccc2[nH][n+](Cc3ccc4[nH]ccc4c3)cc2c1. The van der Waals surface area contributed by atoms with Gasteiger partial charge in [-0.15, -0.1) is 4.68 Å². The van der Waals surface area contributed by atoms with E-state index in [1.165, 1.54) is 27.4 Å². The molecule has 0 aliphatic carbocycles. The zero-order valence-corrected chi connectivity index (χ0v) is 10.4. The van der Waals surface area contributed by atoms with Crippen molar-refractivity contribution in [3.63, 3.8) is 0 Å². The third-order valence-electron chi connectivity index (χ3n) is 3.49. The summed E-state index contributed by atoms with van der Waals surface area (Å²) in [5.41, 5.74) is 3.65. The van der Waals surface area contributed by atoms with Crippen molar-refractivity contribution in [3.05, 3.63) is 66.5 Å². The van der Waals surface area contributed by atoms with Crippen LogP contribution < -0.4 is 4.68 Å². The van der Waals surface area contributed by atoms with Gasteiger partial charge in [-0.25, -0.2) is 0 Å². The van der Waals surface area contributed by atoms with Crippen LogP contribution in [0.15, 0.2) is 60.9 Å². The van der Waals surface area contributed by atoms with Crippen LogP contribution in [0.5, 0.6) is 0 Å². The van der Waals surface area contributed by atoms with Gasteiger partial charge in [0.1, 0.15) is 5.52 Å². The normalized spacial score (nSPS) is 11.4. The van der Waals surface area contributed by atoms with Crippen molar-refractivity contribution >= 4 is 21.8 Å². The molecule has 2 N–H and O–H groups in total. The van der Waals surface area contributed by atoms with Crippen molar-refractivity contribution in [2.75, 3.05) is 0 Å². The predicted molar refractivity (Wildman–Crippen MR) is 75.9 cm³/mol.